The number of nitrogens with zero attached hydrogens (tertiary/aromatic N) is 1. The normalized spacial score (nSPS) is 10.5. The fourth-order valence-electron chi connectivity index (χ4n) is 1.94. The van der Waals surface area contributed by atoms with E-state index in [9.17, 15) is 4.79 Å². The van der Waals surface area contributed by atoms with Crippen LogP contribution in [0.1, 0.15) is 39.9 Å². The Morgan fingerprint density at radius 1 is 1.29 bits per heavy atom. The molecule has 0 bridgehead atoms. The second-order valence-electron chi connectivity index (χ2n) is 4.96. The Labute approximate surface area is 124 Å². The van der Waals surface area contributed by atoms with Gasteiger partial charge in [-0.15, -0.1) is 0 Å². The van der Waals surface area contributed by atoms with Gasteiger partial charge in [0.1, 0.15) is 18.1 Å². The van der Waals surface area contributed by atoms with Gasteiger partial charge in [0.25, 0.3) is 5.91 Å². The molecule has 1 N–H and O–H groups in total. The fourth-order valence-corrected chi connectivity index (χ4v) is 1.94. The van der Waals surface area contributed by atoms with Crippen molar-refractivity contribution in [3.05, 3.63) is 46.3 Å². The summed E-state index contributed by atoms with van der Waals surface area (Å²) < 4.78 is 10.9. The van der Waals surface area contributed by atoms with Crippen molar-refractivity contribution in [3.63, 3.8) is 0 Å². The lowest BCUT2D eigenvalue weighted by Crippen LogP contribution is -2.24. The molecule has 0 aliphatic rings. The first kappa shape index (κ1) is 15.1. The predicted molar refractivity (Wildman–Crippen MR) is 79.5 cm³/mol. The number of rotatable bonds is 5. The number of hydrogen-bond donors (Lipinski definition) is 1. The highest BCUT2D eigenvalue weighted by Crippen LogP contribution is 2.20. The molecular weight excluding hydrogens is 268 g/mol. The highest BCUT2D eigenvalue weighted by Gasteiger charge is 2.19. The van der Waals surface area contributed by atoms with E-state index in [0.29, 0.717) is 17.9 Å². The van der Waals surface area contributed by atoms with Crippen LogP contribution in [-0.2, 0) is 6.61 Å². The third-order valence-electron chi connectivity index (χ3n) is 3.40. The Balaban J connectivity index is 2.14. The summed E-state index contributed by atoms with van der Waals surface area (Å²) >= 11 is 0. The van der Waals surface area contributed by atoms with Crippen LogP contribution in [0.4, 0.5) is 0 Å². The van der Waals surface area contributed by atoms with E-state index < -0.39 is 0 Å². The minimum Gasteiger partial charge on any atom is -0.489 e. The molecule has 1 heterocycles. The largest absolute Gasteiger partial charge is 0.489 e. The number of aromatic nitrogens is 1. The van der Waals surface area contributed by atoms with Gasteiger partial charge in [-0.3, -0.25) is 4.79 Å². The SMILES string of the molecule is CCNC(=O)c1noc(C)c1COc1ccc(C)c(C)c1. The van der Waals surface area contributed by atoms with Gasteiger partial charge >= 0.3 is 0 Å². The summed E-state index contributed by atoms with van der Waals surface area (Å²) in [4.78, 5) is 11.9. The molecule has 112 valence electrons. The Morgan fingerprint density at radius 3 is 2.71 bits per heavy atom. The van der Waals surface area contributed by atoms with Gasteiger partial charge in [-0.1, -0.05) is 11.2 Å². The molecule has 0 fully saturated rings. The van der Waals surface area contributed by atoms with E-state index in [2.05, 4.69) is 17.4 Å². The first-order valence-corrected chi connectivity index (χ1v) is 6.96. The van der Waals surface area contributed by atoms with Gasteiger partial charge in [0.05, 0.1) is 5.56 Å². The van der Waals surface area contributed by atoms with Gasteiger partial charge in [-0.05, 0) is 51.0 Å². The van der Waals surface area contributed by atoms with Gasteiger partial charge in [0.15, 0.2) is 5.69 Å². The summed E-state index contributed by atoms with van der Waals surface area (Å²) in [6.07, 6.45) is 0. The smallest absolute Gasteiger partial charge is 0.273 e. The van der Waals surface area contributed by atoms with Gasteiger partial charge in [0, 0.05) is 6.54 Å². The van der Waals surface area contributed by atoms with E-state index in [1.807, 2.05) is 32.0 Å². The van der Waals surface area contributed by atoms with Gasteiger partial charge in [0.2, 0.25) is 0 Å². The highest BCUT2D eigenvalue weighted by atomic mass is 16.5. The van der Waals surface area contributed by atoms with Crippen LogP contribution >= 0.6 is 0 Å². The monoisotopic (exact) mass is 288 g/mol. The maximum Gasteiger partial charge on any atom is 0.273 e. The van der Waals surface area contributed by atoms with Crippen LogP contribution < -0.4 is 10.1 Å². The lowest BCUT2D eigenvalue weighted by atomic mass is 10.1. The number of ether oxygens (including phenoxy) is 1. The topological polar surface area (TPSA) is 64.4 Å². The van der Waals surface area contributed by atoms with Crippen LogP contribution in [0.15, 0.2) is 22.7 Å². The van der Waals surface area contributed by atoms with Crippen molar-refractivity contribution in [3.8, 4) is 5.75 Å². The van der Waals surface area contributed by atoms with Gasteiger partial charge < -0.3 is 14.6 Å². The molecule has 0 saturated heterocycles. The van der Waals surface area contributed by atoms with E-state index in [-0.39, 0.29) is 18.2 Å². The number of aryl methyl sites for hydroxylation is 3. The molecule has 0 radical (unpaired) electrons. The molecule has 1 aromatic heterocycles. The summed E-state index contributed by atoms with van der Waals surface area (Å²) in [6, 6.07) is 5.90. The quantitative estimate of drug-likeness (QED) is 0.918. The van der Waals surface area contributed by atoms with E-state index in [0.717, 1.165) is 5.75 Å². The third kappa shape index (κ3) is 3.42. The summed E-state index contributed by atoms with van der Waals surface area (Å²) in [6.45, 7) is 8.51. The summed E-state index contributed by atoms with van der Waals surface area (Å²) in [5, 5.41) is 6.52. The maximum absolute atomic E-state index is 11.9. The number of hydrogen-bond acceptors (Lipinski definition) is 4. The standard InChI is InChI=1S/C16H20N2O3/c1-5-17-16(19)15-14(12(4)21-18-15)9-20-13-7-6-10(2)11(3)8-13/h6-8H,5,9H2,1-4H3,(H,17,19). The first-order valence-electron chi connectivity index (χ1n) is 6.96. The van der Waals surface area contributed by atoms with Crippen molar-refractivity contribution >= 4 is 5.91 Å². The molecule has 21 heavy (non-hydrogen) atoms. The zero-order valence-corrected chi connectivity index (χ0v) is 12.8. The Hall–Kier alpha value is -2.30. The van der Waals surface area contributed by atoms with E-state index in [4.69, 9.17) is 9.26 Å². The molecule has 1 amide bonds. The fraction of sp³-hybridized carbons (Fsp3) is 0.375. The van der Waals surface area contributed by atoms with Crippen LogP contribution in [0.3, 0.4) is 0 Å². The Kier molecular flexibility index (Phi) is 4.62. The number of nitrogens with one attached hydrogen (secondary N) is 1. The van der Waals surface area contributed by atoms with Gasteiger partial charge in [-0.25, -0.2) is 0 Å². The van der Waals surface area contributed by atoms with Crippen molar-refractivity contribution < 1.29 is 14.1 Å². The summed E-state index contributed by atoms with van der Waals surface area (Å²) in [5.41, 5.74) is 3.35. The minimum absolute atomic E-state index is 0.243. The van der Waals surface area contributed by atoms with Crippen LogP contribution in [0.25, 0.3) is 0 Å². The molecule has 0 saturated carbocycles. The van der Waals surface area contributed by atoms with Crippen molar-refractivity contribution in [2.45, 2.75) is 34.3 Å². The molecule has 0 spiro atoms. The minimum atomic E-state index is -0.243. The molecule has 5 heteroatoms. The molecule has 5 nitrogen and oxygen atoms in total. The molecule has 1 aromatic carbocycles. The molecule has 2 rings (SSSR count). The second kappa shape index (κ2) is 6.43. The molecule has 2 aromatic rings. The summed E-state index contributed by atoms with van der Waals surface area (Å²) in [7, 11) is 0. The molecule has 0 aliphatic heterocycles. The van der Waals surface area contributed by atoms with Crippen molar-refractivity contribution in [1.82, 2.24) is 10.5 Å². The zero-order valence-electron chi connectivity index (χ0n) is 12.8. The van der Waals surface area contributed by atoms with Gasteiger partial charge in [-0.2, -0.15) is 0 Å². The third-order valence-corrected chi connectivity index (χ3v) is 3.40. The molecule has 0 aliphatic carbocycles. The van der Waals surface area contributed by atoms with Crippen LogP contribution in [-0.4, -0.2) is 17.6 Å². The highest BCUT2D eigenvalue weighted by molar-refractivity contribution is 5.93. The number of benzene rings is 1. The lowest BCUT2D eigenvalue weighted by Gasteiger charge is -2.08. The maximum atomic E-state index is 11.9. The number of amides is 1. The number of carbonyl (C=O) groups is 1. The van der Waals surface area contributed by atoms with Crippen LogP contribution in [0, 0.1) is 20.8 Å². The van der Waals surface area contributed by atoms with Crippen LogP contribution in [0.2, 0.25) is 0 Å². The van der Waals surface area contributed by atoms with Crippen molar-refractivity contribution in [2.24, 2.45) is 0 Å². The Bertz CT molecular complexity index is 647. The molecule has 0 atom stereocenters. The van der Waals surface area contributed by atoms with Crippen LogP contribution in [0.5, 0.6) is 5.75 Å². The number of carbonyl (C=O) groups excluding carboxylic acids is 1. The molecular formula is C16H20N2O3. The lowest BCUT2D eigenvalue weighted by molar-refractivity contribution is 0.0944. The predicted octanol–water partition coefficient (Wildman–Crippen LogP) is 2.93. The summed E-state index contributed by atoms with van der Waals surface area (Å²) in [5.74, 6) is 1.12. The van der Waals surface area contributed by atoms with E-state index >= 15 is 0 Å². The van der Waals surface area contributed by atoms with E-state index in [1.165, 1.54) is 11.1 Å². The van der Waals surface area contributed by atoms with Crippen molar-refractivity contribution in [1.29, 1.82) is 0 Å². The average Bonchev–Trinajstić information content (AvgIpc) is 2.82. The zero-order chi connectivity index (χ0) is 15.4. The second-order valence-corrected chi connectivity index (χ2v) is 4.96. The molecule has 0 unspecified atom stereocenters. The Morgan fingerprint density at radius 2 is 2.05 bits per heavy atom. The average molecular weight is 288 g/mol. The van der Waals surface area contributed by atoms with E-state index in [1.54, 1.807) is 6.92 Å². The first-order chi connectivity index (χ1) is 10.0. The van der Waals surface area contributed by atoms with Crippen molar-refractivity contribution in [2.75, 3.05) is 6.54 Å².